The molecule has 1 fully saturated rings. The molecule has 0 radical (unpaired) electrons. The Balaban J connectivity index is 1.66. The van der Waals surface area contributed by atoms with Gasteiger partial charge in [0.1, 0.15) is 12.1 Å². The van der Waals surface area contributed by atoms with Crippen LogP contribution >= 0.6 is 0 Å². The van der Waals surface area contributed by atoms with Gasteiger partial charge in [-0.25, -0.2) is 4.98 Å². The van der Waals surface area contributed by atoms with Crippen LogP contribution in [-0.2, 0) is 0 Å². The average molecular weight is 315 g/mol. The molecule has 1 saturated carbocycles. The highest BCUT2D eigenvalue weighted by molar-refractivity contribution is 5.63. The molecule has 2 heterocycles. The fraction of sp³-hybridized carbons (Fsp3) is 0.316. The van der Waals surface area contributed by atoms with Gasteiger partial charge < -0.3 is 4.98 Å². The molecular weight excluding hydrogens is 298 g/mol. The van der Waals surface area contributed by atoms with Crippen LogP contribution in [-0.4, -0.2) is 14.4 Å². The fourth-order valence-electron chi connectivity index (χ4n) is 3.63. The first-order chi connectivity index (χ1) is 11.8. The first kappa shape index (κ1) is 14.5. The molecule has 1 aromatic carbocycles. The summed E-state index contributed by atoms with van der Waals surface area (Å²) in [6.07, 6.45) is 8.44. The van der Waals surface area contributed by atoms with Crippen molar-refractivity contribution in [3.63, 3.8) is 0 Å². The first-order valence-electron chi connectivity index (χ1n) is 8.32. The fourth-order valence-corrected chi connectivity index (χ4v) is 3.63. The third-order valence-corrected chi connectivity index (χ3v) is 4.93. The van der Waals surface area contributed by atoms with E-state index in [0.29, 0.717) is 11.7 Å². The molecule has 24 heavy (non-hydrogen) atoms. The SMILES string of the molecule is N#Cc1nc2[nH]c(-c3ccc(C4CCCCC4)cc3)cn2c1C#N. The van der Waals surface area contributed by atoms with Crippen molar-refractivity contribution >= 4 is 5.78 Å². The van der Waals surface area contributed by atoms with E-state index in [1.54, 1.807) is 4.40 Å². The number of hydrogen-bond acceptors (Lipinski definition) is 3. The molecule has 0 spiro atoms. The summed E-state index contributed by atoms with van der Waals surface area (Å²) >= 11 is 0. The molecule has 0 aliphatic heterocycles. The number of benzene rings is 1. The van der Waals surface area contributed by atoms with Crippen molar-refractivity contribution in [2.75, 3.05) is 0 Å². The summed E-state index contributed by atoms with van der Waals surface area (Å²) in [4.78, 5) is 7.35. The Bertz CT molecular complexity index is 956. The van der Waals surface area contributed by atoms with E-state index in [9.17, 15) is 5.26 Å². The van der Waals surface area contributed by atoms with Gasteiger partial charge in [-0.05, 0) is 29.9 Å². The van der Waals surface area contributed by atoms with Crippen LogP contribution in [0.4, 0.5) is 0 Å². The highest BCUT2D eigenvalue weighted by Crippen LogP contribution is 2.33. The minimum Gasteiger partial charge on any atom is -0.323 e. The van der Waals surface area contributed by atoms with E-state index >= 15 is 0 Å². The highest BCUT2D eigenvalue weighted by Gasteiger charge is 2.17. The quantitative estimate of drug-likeness (QED) is 0.772. The zero-order valence-corrected chi connectivity index (χ0v) is 13.3. The third kappa shape index (κ3) is 2.35. The molecule has 118 valence electrons. The summed E-state index contributed by atoms with van der Waals surface area (Å²) in [6, 6.07) is 12.6. The van der Waals surface area contributed by atoms with E-state index in [4.69, 9.17) is 5.26 Å². The van der Waals surface area contributed by atoms with Crippen LogP contribution in [0.25, 0.3) is 17.0 Å². The van der Waals surface area contributed by atoms with Crippen molar-refractivity contribution in [1.29, 1.82) is 10.5 Å². The first-order valence-corrected chi connectivity index (χ1v) is 8.32. The van der Waals surface area contributed by atoms with Gasteiger partial charge in [0.2, 0.25) is 5.78 Å². The van der Waals surface area contributed by atoms with Crippen LogP contribution in [0, 0.1) is 22.7 Å². The molecular formula is C19H17N5. The third-order valence-electron chi connectivity index (χ3n) is 4.93. The largest absolute Gasteiger partial charge is 0.323 e. The van der Waals surface area contributed by atoms with Crippen LogP contribution < -0.4 is 0 Å². The molecule has 2 aromatic heterocycles. The van der Waals surface area contributed by atoms with Crippen molar-refractivity contribution in [2.45, 2.75) is 38.0 Å². The van der Waals surface area contributed by atoms with Gasteiger partial charge in [0, 0.05) is 6.20 Å². The van der Waals surface area contributed by atoms with Gasteiger partial charge in [-0.1, -0.05) is 43.5 Å². The van der Waals surface area contributed by atoms with Gasteiger partial charge in [-0.2, -0.15) is 10.5 Å². The number of nitrogens with zero attached hydrogens (tertiary/aromatic N) is 4. The molecule has 1 N–H and O–H groups in total. The number of H-pyrrole nitrogens is 1. The van der Waals surface area contributed by atoms with Crippen LogP contribution in [0.2, 0.25) is 0 Å². The number of imidazole rings is 2. The van der Waals surface area contributed by atoms with Crippen LogP contribution in [0.3, 0.4) is 0 Å². The molecule has 0 unspecified atom stereocenters. The Kier molecular flexibility index (Phi) is 3.55. The molecule has 0 atom stereocenters. The second-order valence-corrected chi connectivity index (χ2v) is 6.35. The summed E-state index contributed by atoms with van der Waals surface area (Å²) < 4.78 is 1.64. The Hall–Kier alpha value is -3.05. The predicted molar refractivity (Wildman–Crippen MR) is 90.2 cm³/mol. The molecule has 1 aliphatic rings. The smallest absolute Gasteiger partial charge is 0.214 e. The van der Waals surface area contributed by atoms with Gasteiger partial charge in [0.05, 0.1) is 5.69 Å². The van der Waals surface area contributed by atoms with Gasteiger partial charge >= 0.3 is 0 Å². The van der Waals surface area contributed by atoms with E-state index in [0.717, 1.165) is 11.3 Å². The molecule has 3 aromatic rings. The number of rotatable bonds is 2. The maximum Gasteiger partial charge on any atom is 0.214 e. The molecule has 5 nitrogen and oxygen atoms in total. The summed E-state index contributed by atoms with van der Waals surface area (Å²) in [5.74, 6) is 1.21. The van der Waals surface area contributed by atoms with E-state index in [1.807, 2.05) is 18.3 Å². The number of aromatic nitrogens is 3. The minimum atomic E-state index is 0.156. The lowest BCUT2D eigenvalue weighted by Crippen LogP contribution is -2.04. The number of aromatic amines is 1. The van der Waals surface area contributed by atoms with Crippen molar-refractivity contribution in [3.8, 4) is 23.4 Å². The highest BCUT2D eigenvalue weighted by atomic mass is 15.1. The minimum absolute atomic E-state index is 0.156. The number of fused-ring (bicyclic) bond motifs is 1. The maximum absolute atomic E-state index is 9.22. The Morgan fingerprint density at radius 2 is 1.79 bits per heavy atom. The zero-order valence-electron chi connectivity index (χ0n) is 13.3. The zero-order chi connectivity index (χ0) is 16.5. The van der Waals surface area contributed by atoms with Crippen LogP contribution in [0.5, 0.6) is 0 Å². The lowest BCUT2D eigenvalue weighted by atomic mass is 9.84. The van der Waals surface area contributed by atoms with Crippen molar-refractivity contribution < 1.29 is 0 Å². The molecule has 0 saturated heterocycles. The predicted octanol–water partition coefficient (Wildman–Crippen LogP) is 4.12. The molecule has 1 aliphatic carbocycles. The molecule has 4 rings (SSSR count). The van der Waals surface area contributed by atoms with Gasteiger partial charge in [-0.15, -0.1) is 0 Å². The lowest BCUT2D eigenvalue weighted by Gasteiger charge is -2.22. The van der Waals surface area contributed by atoms with Crippen LogP contribution in [0.15, 0.2) is 30.5 Å². The topological polar surface area (TPSA) is 80.7 Å². The summed E-state index contributed by atoms with van der Waals surface area (Å²) in [5, 5.41) is 18.2. The monoisotopic (exact) mass is 315 g/mol. The normalized spacial score (nSPS) is 15.2. The van der Waals surface area contributed by atoms with Crippen LogP contribution in [0.1, 0.15) is 55.0 Å². The number of nitriles is 2. The second kappa shape index (κ2) is 5.86. The standard InChI is InChI=1S/C19H17N5/c20-10-16-18(11-21)24-12-17(23-19(24)22-16)15-8-6-14(7-9-15)13-4-2-1-3-5-13/h6-9,12-13H,1-5H2,(H,22,23). The number of hydrogen-bond donors (Lipinski definition) is 1. The van der Waals surface area contributed by atoms with E-state index in [2.05, 4.69) is 34.2 Å². The second-order valence-electron chi connectivity index (χ2n) is 6.35. The van der Waals surface area contributed by atoms with E-state index in [-0.39, 0.29) is 11.4 Å². The number of nitrogens with one attached hydrogen (secondary N) is 1. The summed E-state index contributed by atoms with van der Waals surface area (Å²) in [5.41, 5.74) is 3.80. The van der Waals surface area contributed by atoms with Crippen molar-refractivity contribution in [2.24, 2.45) is 0 Å². The van der Waals surface area contributed by atoms with E-state index < -0.39 is 0 Å². The Morgan fingerprint density at radius 1 is 1.04 bits per heavy atom. The van der Waals surface area contributed by atoms with Crippen molar-refractivity contribution in [1.82, 2.24) is 14.4 Å². The van der Waals surface area contributed by atoms with Gasteiger partial charge in [0.25, 0.3) is 0 Å². The summed E-state index contributed by atoms with van der Waals surface area (Å²) in [6.45, 7) is 0. The molecule has 0 bridgehead atoms. The van der Waals surface area contributed by atoms with Gasteiger partial charge in [-0.3, -0.25) is 4.40 Å². The van der Waals surface area contributed by atoms with Crippen molar-refractivity contribution in [3.05, 3.63) is 47.4 Å². The Morgan fingerprint density at radius 3 is 2.46 bits per heavy atom. The summed E-state index contributed by atoms with van der Waals surface area (Å²) in [7, 11) is 0. The molecule has 0 amide bonds. The van der Waals surface area contributed by atoms with Gasteiger partial charge in [0.15, 0.2) is 11.4 Å². The Labute approximate surface area is 140 Å². The lowest BCUT2D eigenvalue weighted by molar-refractivity contribution is 0.443. The van der Waals surface area contributed by atoms with E-state index in [1.165, 1.54) is 37.7 Å². The maximum atomic E-state index is 9.22. The molecule has 5 heteroatoms. The average Bonchev–Trinajstić information content (AvgIpc) is 3.19.